The third-order valence-corrected chi connectivity index (χ3v) is 5.31. The Kier molecular flexibility index (Phi) is 3.20. The van der Waals surface area contributed by atoms with Crippen LogP contribution in [0.3, 0.4) is 0 Å². The fraction of sp³-hybridized carbons (Fsp3) is 0.625. The number of hydrogen-bond acceptors (Lipinski definition) is 4. The molecule has 3 fully saturated rings. The Balaban J connectivity index is 1.35. The molecule has 4 rings (SSSR count). The average molecular weight is 331 g/mol. The van der Waals surface area contributed by atoms with Crippen LogP contribution in [-0.2, 0) is 9.59 Å². The molecule has 1 saturated carbocycles. The highest BCUT2D eigenvalue weighted by Crippen LogP contribution is 2.42. The van der Waals surface area contributed by atoms with Crippen LogP contribution in [-0.4, -0.2) is 62.6 Å². The molecule has 24 heavy (non-hydrogen) atoms. The van der Waals surface area contributed by atoms with Gasteiger partial charge in [0.1, 0.15) is 12.1 Å². The number of hydrogen-bond donors (Lipinski definition) is 1. The maximum absolute atomic E-state index is 12.5. The van der Waals surface area contributed by atoms with Gasteiger partial charge in [0.15, 0.2) is 0 Å². The molecule has 1 aromatic heterocycles. The summed E-state index contributed by atoms with van der Waals surface area (Å²) >= 11 is 0. The van der Waals surface area contributed by atoms with Crippen molar-refractivity contribution in [3.05, 3.63) is 18.0 Å². The van der Waals surface area contributed by atoms with Gasteiger partial charge in [-0.25, -0.2) is 4.79 Å². The van der Waals surface area contributed by atoms with E-state index in [1.807, 2.05) is 17.8 Å². The Morgan fingerprint density at radius 3 is 2.67 bits per heavy atom. The van der Waals surface area contributed by atoms with Crippen LogP contribution in [0.5, 0.6) is 0 Å². The second-order valence-corrected chi connectivity index (χ2v) is 7.25. The minimum atomic E-state index is -0.832. The minimum Gasteiger partial charge on any atom is -0.337 e. The number of nitrogens with zero attached hydrogens (tertiary/aromatic N) is 4. The van der Waals surface area contributed by atoms with Crippen molar-refractivity contribution in [3.8, 4) is 0 Å². The van der Waals surface area contributed by atoms with Gasteiger partial charge >= 0.3 is 6.03 Å². The van der Waals surface area contributed by atoms with Crippen LogP contribution < -0.4 is 5.32 Å². The van der Waals surface area contributed by atoms with E-state index in [0.717, 1.165) is 23.3 Å². The molecule has 1 atom stereocenters. The van der Waals surface area contributed by atoms with Crippen molar-refractivity contribution >= 4 is 17.8 Å². The van der Waals surface area contributed by atoms with E-state index in [9.17, 15) is 14.4 Å². The lowest BCUT2D eigenvalue weighted by Crippen LogP contribution is -2.54. The number of urea groups is 1. The Hall–Kier alpha value is -2.38. The SMILES string of the molecule is Cc1cnn(C2CN(C(=O)CN3C(=O)NC(C)(C4CC4)C3=O)C2)c1. The number of likely N-dealkylation sites (tertiary alicyclic amines) is 1. The number of amides is 4. The van der Waals surface area contributed by atoms with Gasteiger partial charge < -0.3 is 10.2 Å². The maximum Gasteiger partial charge on any atom is 0.325 e. The Labute approximate surface area is 139 Å². The molecule has 0 radical (unpaired) electrons. The maximum atomic E-state index is 12.5. The summed E-state index contributed by atoms with van der Waals surface area (Å²) in [5.41, 5.74) is 0.250. The van der Waals surface area contributed by atoms with Crippen LogP contribution in [0.1, 0.15) is 31.4 Å². The zero-order chi connectivity index (χ0) is 17.1. The summed E-state index contributed by atoms with van der Waals surface area (Å²) < 4.78 is 1.86. The predicted octanol–water partition coefficient (Wildman–Crippen LogP) is 0.295. The lowest BCUT2D eigenvalue weighted by Gasteiger charge is -2.39. The molecular formula is C16H21N5O3. The molecule has 8 nitrogen and oxygen atoms in total. The first-order valence-electron chi connectivity index (χ1n) is 8.31. The summed E-state index contributed by atoms with van der Waals surface area (Å²) in [4.78, 5) is 39.7. The number of imide groups is 1. The number of carbonyl (C=O) groups is 3. The number of aromatic nitrogens is 2. The first-order valence-corrected chi connectivity index (χ1v) is 8.31. The largest absolute Gasteiger partial charge is 0.337 e. The van der Waals surface area contributed by atoms with Crippen molar-refractivity contribution in [2.45, 2.75) is 38.3 Å². The Morgan fingerprint density at radius 2 is 2.08 bits per heavy atom. The summed E-state index contributed by atoms with van der Waals surface area (Å²) in [6.07, 6.45) is 5.63. The second kappa shape index (κ2) is 5.06. The van der Waals surface area contributed by atoms with Crippen LogP contribution in [0.2, 0.25) is 0 Å². The minimum absolute atomic E-state index is 0.169. The topological polar surface area (TPSA) is 87.5 Å². The van der Waals surface area contributed by atoms with E-state index < -0.39 is 11.6 Å². The fourth-order valence-corrected chi connectivity index (χ4v) is 3.49. The highest BCUT2D eigenvalue weighted by molar-refractivity contribution is 6.09. The molecule has 1 aliphatic carbocycles. The zero-order valence-corrected chi connectivity index (χ0v) is 13.9. The molecule has 0 bridgehead atoms. The molecule has 4 amide bonds. The fourth-order valence-electron chi connectivity index (χ4n) is 3.49. The lowest BCUT2D eigenvalue weighted by molar-refractivity contribution is -0.142. The van der Waals surface area contributed by atoms with E-state index >= 15 is 0 Å². The number of rotatable bonds is 4. The molecule has 0 aromatic carbocycles. The van der Waals surface area contributed by atoms with Crippen molar-refractivity contribution < 1.29 is 14.4 Å². The van der Waals surface area contributed by atoms with Crippen LogP contribution in [0.25, 0.3) is 0 Å². The van der Waals surface area contributed by atoms with Crippen molar-refractivity contribution in [2.75, 3.05) is 19.6 Å². The summed E-state index contributed by atoms with van der Waals surface area (Å²) in [5.74, 6) is -0.271. The lowest BCUT2D eigenvalue weighted by atomic mass is 9.96. The summed E-state index contributed by atoms with van der Waals surface area (Å²) in [5, 5.41) is 7.02. The molecule has 2 aliphatic heterocycles. The average Bonchev–Trinajstić information content (AvgIpc) is 3.22. The molecule has 2 saturated heterocycles. The molecule has 1 unspecified atom stereocenters. The van der Waals surface area contributed by atoms with Crippen molar-refractivity contribution in [1.29, 1.82) is 0 Å². The van der Waals surface area contributed by atoms with E-state index in [-0.39, 0.29) is 30.3 Å². The summed E-state index contributed by atoms with van der Waals surface area (Å²) in [6, 6.07) is -0.287. The molecular weight excluding hydrogens is 310 g/mol. The molecule has 1 N–H and O–H groups in total. The molecule has 0 spiro atoms. The van der Waals surface area contributed by atoms with Crippen LogP contribution in [0.15, 0.2) is 12.4 Å². The van der Waals surface area contributed by atoms with Crippen LogP contribution >= 0.6 is 0 Å². The van der Waals surface area contributed by atoms with Gasteiger partial charge in [0.2, 0.25) is 5.91 Å². The van der Waals surface area contributed by atoms with E-state index in [0.29, 0.717) is 13.1 Å². The normalized spacial score (nSPS) is 27.4. The summed E-state index contributed by atoms with van der Waals surface area (Å²) in [7, 11) is 0. The number of nitrogens with one attached hydrogen (secondary N) is 1. The van der Waals surface area contributed by atoms with Gasteiger partial charge in [-0.2, -0.15) is 5.10 Å². The van der Waals surface area contributed by atoms with Gasteiger partial charge in [-0.15, -0.1) is 0 Å². The first-order chi connectivity index (χ1) is 11.4. The monoisotopic (exact) mass is 331 g/mol. The predicted molar refractivity (Wildman–Crippen MR) is 84.0 cm³/mol. The van der Waals surface area contributed by atoms with E-state index in [1.165, 1.54) is 0 Å². The Bertz CT molecular complexity index is 719. The van der Waals surface area contributed by atoms with Crippen molar-refractivity contribution in [3.63, 3.8) is 0 Å². The highest BCUT2D eigenvalue weighted by Gasteiger charge is 2.56. The molecule has 3 heterocycles. The van der Waals surface area contributed by atoms with Crippen LogP contribution in [0, 0.1) is 12.8 Å². The van der Waals surface area contributed by atoms with Gasteiger partial charge in [0.05, 0.1) is 12.2 Å². The molecule has 3 aliphatic rings. The van der Waals surface area contributed by atoms with E-state index in [1.54, 1.807) is 18.0 Å². The highest BCUT2D eigenvalue weighted by atomic mass is 16.2. The Morgan fingerprint density at radius 1 is 1.38 bits per heavy atom. The van der Waals surface area contributed by atoms with E-state index in [4.69, 9.17) is 0 Å². The smallest absolute Gasteiger partial charge is 0.325 e. The second-order valence-electron chi connectivity index (χ2n) is 7.25. The number of aryl methyl sites for hydroxylation is 1. The molecule has 1 aromatic rings. The van der Waals surface area contributed by atoms with Gasteiger partial charge in [-0.1, -0.05) is 0 Å². The van der Waals surface area contributed by atoms with Crippen LogP contribution in [0.4, 0.5) is 4.79 Å². The third-order valence-electron chi connectivity index (χ3n) is 5.31. The molecule has 8 heteroatoms. The quantitative estimate of drug-likeness (QED) is 0.804. The van der Waals surface area contributed by atoms with Crippen molar-refractivity contribution in [2.24, 2.45) is 5.92 Å². The van der Waals surface area contributed by atoms with E-state index in [2.05, 4.69) is 10.4 Å². The number of carbonyl (C=O) groups excluding carboxylic acids is 3. The van der Waals surface area contributed by atoms with Gasteiger partial charge in [-0.3, -0.25) is 19.2 Å². The zero-order valence-electron chi connectivity index (χ0n) is 13.9. The van der Waals surface area contributed by atoms with Crippen molar-refractivity contribution in [1.82, 2.24) is 24.9 Å². The first kappa shape index (κ1) is 15.2. The third kappa shape index (κ3) is 2.28. The van der Waals surface area contributed by atoms with Gasteiger partial charge in [0, 0.05) is 19.3 Å². The van der Waals surface area contributed by atoms with Gasteiger partial charge in [0.25, 0.3) is 5.91 Å². The van der Waals surface area contributed by atoms with Gasteiger partial charge in [-0.05, 0) is 38.2 Å². The summed E-state index contributed by atoms with van der Waals surface area (Å²) in [6.45, 7) is 4.67. The molecule has 128 valence electrons. The standard InChI is InChI=1S/C16H21N5O3/c1-10-5-17-21(6-10)12-7-19(8-12)13(22)9-20-14(23)16(2,11-3-4-11)18-15(20)24/h5-6,11-12H,3-4,7-9H2,1-2H3,(H,18,24).